The molecule has 2 heterocycles. The highest BCUT2D eigenvalue weighted by Crippen LogP contribution is 2.80. The van der Waals surface area contributed by atoms with Crippen molar-refractivity contribution in [2.75, 3.05) is 0 Å². The molecule has 8 bridgehead atoms. The Bertz CT molecular complexity index is 967. The number of fused-ring (bicyclic) bond motifs is 1. The second kappa shape index (κ2) is 3.16. The predicted octanol–water partition coefficient (Wildman–Crippen LogP) is 1.20. The average Bonchev–Trinajstić information content (AvgIpc) is 3.36. The first-order chi connectivity index (χ1) is 11.3. The topological polar surface area (TPSA) is 48.9 Å². The summed E-state index contributed by atoms with van der Waals surface area (Å²) in [4.78, 5) is 26.0. The van der Waals surface area contributed by atoms with Gasteiger partial charge in [0.25, 0.3) is 0 Å². The van der Waals surface area contributed by atoms with Crippen LogP contribution < -0.4 is 11.4 Å². The van der Waals surface area contributed by atoms with Gasteiger partial charge in [-0.1, -0.05) is 30.4 Å². The zero-order chi connectivity index (χ0) is 15.0. The first kappa shape index (κ1) is 11.3. The molecule has 4 fully saturated rings. The molecule has 0 amide bonds. The van der Waals surface area contributed by atoms with Crippen LogP contribution in [-0.2, 0) is 0 Å². The Morgan fingerprint density at radius 1 is 0.696 bits per heavy atom. The van der Waals surface area contributed by atoms with Gasteiger partial charge in [-0.25, -0.2) is 23.5 Å². The normalized spacial score (nSPS) is 45.6. The summed E-state index contributed by atoms with van der Waals surface area (Å²) in [6.07, 6.45) is 4.76. The van der Waals surface area contributed by atoms with E-state index in [0.717, 1.165) is 0 Å². The third kappa shape index (κ3) is 0.902. The van der Waals surface area contributed by atoms with E-state index in [-0.39, 0.29) is 23.5 Å². The Balaban J connectivity index is 1.53. The van der Waals surface area contributed by atoms with Gasteiger partial charge in [0.1, 0.15) is 0 Å². The van der Waals surface area contributed by atoms with E-state index in [0.29, 0.717) is 41.2 Å². The number of allylic oxidation sites excluding steroid dienone is 2. The summed E-state index contributed by atoms with van der Waals surface area (Å²) in [5.41, 5.74) is 0.381. The van der Waals surface area contributed by atoms with E-state index >= 15 is 0 Å². The molecule has 0 N–H and O–H groups in total. The molecular formula is C18H15N3O2. The first-order valence-corrected chi connectivity index (χ1v) is 8.49. The van der Waals surface area contributed by atoms with Gasteiger partial charge in [0.15, 0.2) is 0 Å². The lowest BCUT2D eigenvalue weighted by Crippen LogP contribution is -2.38. The molecule has 6 aliphatic rings. The van der Waals surface area contributed by atoms with Crippen LogP contribution in [-0.4, -0.2) is 13.9 Å². The highest BCUT2D eigenvalue weighted by molar-refractivity contribution is 5.36. The number of rotatable bonds is 1. The van der Waals surface area contributed by atoms with Crippen LogP contribution in [0.25, 0.3) is 5.69 Å². The van der Waals surface area contributed by atoms with Gasteiger partial charge in [0.05, 0.1) is 17.8 Å². The molecule has 0 spiro atoms. The summed E-state index contributed by atoms with van der Waals surface area (Å²) in [6.45, 7) is 0. The van der Waals surface area contributed by atoms with Crippen molar-refractivity contribution < 1.29 is 0 Å². The van der Waals surface area contributed by atoms with Crippen molar-refractivity contribution in [2.24, 2.45) is 35.5 Å². The molecule has 5 aliphatic carbocycles. The molecule has 8 rings (SSSR count). The minimum Gasteiger partial charge on any atom is -0.245 e. The van der Waals surface area contributed by atoms with Gasteiger partial charge in [-0.05, 0) is 41.7 Å². The minimum absolute atomic E-state index is 0.149. The zero-order valence-corrected chi connectivity index (χ0v) is 12.3. The van der Waals surface area contributed by atoms with Crippen LogP contribution in [0.1, 0.15) is 12.1 Å². The molecule has 114 valence electrons. The maximum atomic E-state index is 13.0. The van der Waals surface area contributed by atoms with E-state index in [4.69, 9.17) is 0 Å². The van der Waals surface area contributed by atoms with Gasteiger partial charge in [-0.2, -0.15) is 0 Å². The molecule has 5 heteroatoms. The number of nitrogens with zero attached hydrogens (tertiary/aromatic N) is 3. The van der Waals surface area contributed by atoms with Crippen LogP contribution in [0.4, 0.5) is 0 Å². The largest absolute Gasteiger partial charge is 0.352 e. The van der Waals surface area contributed by atoms with E-state index in [1.807, 2.05) is 39.7 Å². The summed E-state index contributed by atoms with van der Waals surface area (Å²) in [7, 11) is 0. The standard InChI is InChI=1S/C18H15N3O2/c22-17-19(8-4-2-1-3-5-8)18(23)21-16-13-10-7-6-9-11(10)14(16)15(12(9)13)20(17)21/h1-7,9-16H. The van der Waals surface area contributed by atoms with Crippen LogP contribution in [0, 0.1) is 35.5 Å². The Hall–Kier alpha value is -2.30. The highest BCUT2D eigenvalue weighted by Gasteiger charge is 2.79. The quantitative estimate of drug-likeness (QED) is 0.744. The lowest BCUT2D eigenvalue weighted by atomic mass is 9.82. The number of para-hydroxylation sites is 1. The van der Waals surface area contributed by atoms with Gasteiger partial charge < -0.3 is 0 Å². The van der Waals surface area contributed by atoms with Crippen molar-refractivity contribution in [1.82, 2.24) is 13.9 Å². The van der Waals surface area contributed by atoms with E-state index < -0.39 is 0 Å². The smallest absolute Gasteiger partial charge is 0.245 e. The fourth-order valence-corrected chi connectivity index (χ4v) is 7.11. The summed E-state index contributed by atoms with van der Waals surface area (Å²) in [5.74, 6) is 3.71. The molecule has 1 aromatic carbocycles. The van der Waals surface area contributed by atoms with Crippen LogP contribution in [0.2, 0.25) is 0 Å². The molecule has 6 unspecified atom stereocenters. The summed E-state index contributed by atoms with van der Waals surface area (Å²) in [5, 5.41) is 0. The Labute approximate surface area is 131 Å². The van der Waals surface area contributed by atoms with E-state index in [9.17, 15) is 9.59 Å². The lowest BCUT2D eigenvalue weighted by Gasteiger charge is -2.32. The van der Waals surface area contributed by atoms with E-state index in [1.54, 1.807) is 0 Å². The number of benzene rings is 1. The summed E-state index contributed by atoms with van der Waals surface area (Å²) < 4.78 is 4.99. The molecule has 4 saturated carbocycles. The summed E-state index contributed by atoms with van der Waals surface area (Å²) >= 11 is 0. The van der Waals surface area contributed by atoms with Crippen molar-refractivity contribution in [2.45, 2.75) is 12.1 Å². The van der Waals surface area contributed by atoms with Crippen LogP contribution >= 0.6 is 0 Å². The Kier molecular flexibility index (Phi) is 1.55. The third-order valence-corrected chi connectivity index (χ3v) is 7.39. The summed E-state index contributed by atoms with van der Waals surface area (Å²) in [6, 6.07) is 9.82. The van der Waals surface area contributed by atoms with Gasteiger partial charge in [-0.3, -0.25) is 0 Å². The molecule has 2 aromatic rings. The van der Waals surface area contributed by atoms with Crippen molar-refractivity contribution in [3.63, 3.8) is 0 Å². The maximum Gasteiger partial charge on any atom is 0.352 e. The van der Waals surface area contributed by atoms with Crippen molar-refractivity contribution in [3.05, 3.63) is 63.5 Å². The third-order valence-electron chi connectivity index (χ3n) is 7.39. The molecule has 1 aromatic heterocycles. The van der Waals surface area contributed by atoms with E-state index in [2.05, 4.69) is 12.2 Å². The molecule has 6 atom stereocenters. The average molecular weight is 305 g/mol. The van der Waals surface area contributed by atoms with Gasteiger partial charge >= 0.3 is 11.4 Å². The van der Waals surface area contributed by atoms with Crippen LogP contribution in [0.3, 0.4) is 0 Å². The second-order valence-electron chi connectivity index (χ2n) is 7.76. The second-order valence-corrected chi connectivity index (χ2v) is 7.76. The minimum atomic E-state index is -0.149. The first-order valence-electron chi connectivity index (χ1n) is 8.49. The van der Waals surface area contributed by atoms with Crippen molar-refractivity contribution >= 4 is 0 Å². The maximum absolute atomic E-state index is 13.0. The molecule has 1 aliphatic heterocycles. The monoisotopic (exact) mass is 305 g/mol. The fraction of sp³-hybridized carbons (Fsp3) is 0.444. The number of hydrogen-bond donors (Lipinski definition) is 0. The number of aromatic nitrogens is 3. The number of hydrogen-bond acceptors (Lipinski definition) is 2. The van der Waals surface area contributed by atoms with Gasteiger partial charge in [0, 0.05) is 5.92 Å². The van der Waals surface area contributed by atoms with Crippen LogP contribution in [0.15, 0.2) is 52.1 Å². The Morgan fingerprint density at radius 2 is 1.26 bits per heavy atom. The van der Waals surface area contributed by atoms with Gasteiger partial charge in [-0.15, -0.1) is 0 Å². The SMILES string of the molecule is O=c1n(-c2ccccc2)c(=O)n2n1C1C3C4C=CC5C4C1C2C53. The highest BCUT2D eigenvalue weighted by atomic mass is 16.2. The molecule has 23 heavy (non-hydrogen) atoms. The lowest BCUT2D eigenvalue weighted by molar-refractivity contribution is 0.176. The molecular weight excluding hydrogens is 290 g/mol. The van der Waals surface area contributed by atoms with Gasteiger partial charge in [0.2, 0.25) is 0 Å². The van der Waals surface area contributed by atoms with Crippen molar-refractivity contribution in [3.8, 4) is 5.69 Å². The van der Waals surface area contributed by atoms with E-state index in [1.165, 1.54) is 4.57 Å². The Morgan fingerprint density at radius 3 is 1.83 bits per heavy atom. The fourth-order valence-electron chi connectivity index (χ4n) is 7.11. The van der Waals surface area contributed by atoms with Crippen LogP contribution in [0.5, 0.6) is 0 Å². The zero-order valence-electron chi connectivity index (χ0n) is 12.3. The molecule has 0 saturated heterocycles. The van der Waals surface area contributed by atoms with Crippen molar-refractivity contribution in [1.29, 1.82) is 0 Å². The molecule has 5 nitrogen and oxygen atoms in total. The molecule has 0 radical (unpaired) electrons. The predicted molar refractivity (Wildman–Crippen MR) is 82.4 cm³/mol.